The maximum atomic E-state index is 11.9. The highest BCUT2D eigenvalue weighted by atomic mass is 16.6. The Morgan fingerprint density at radius 2 is 1.10 bits per heavy atom. The van der Waals surface area contributed by atoms with Gasteiger partial charge in [-0.3, -0.25) is 14.4 Å². The molecule has 6 heteroatoms. The molecule has 1 N–H and O–H groups in total. The number of unbranched alkanes of at least 4 members (excludes halogenated alkanes) is 15. The number of hydrogen-bond donors (Lipinski definition) is 1. The standard InChI is InChI=1S/C36H64O6/c1-4-5-6-7-11-16-21-26-33(37)27-22-17-14-19-24-29-36(40)42-31-34(38)30-41-35(39)28-23-18-13-10-8-9-12-15-20-25-32(2)3/h11,16,21,26,32,34,38H,4-10,12-15,17-20,22-25,27-31H2,1-3H3/b16-11-,26-21+/t34-/m1/s1. The molecule has 0 aromatic heterocycles. The van der Waals surface area contributed by atoms with Gasteiger partial charge < -0.3 is 14.6 Å². The molecule has 0 aliphatic heterocycles. The molecule has 0 amide bonds. The van der Waals surface area contributed by atoms with Crippen molar-refractivity contribution in [3.63, 3.8) is 0 Å². The molecule has 0 fully saturated rings. The summed E-state index contributed by atoms with van der Waals surface area (Å²) < 4.78 is 10.2. The molecule has 42 heavy (non-hydrogen) atoms. The Bertz CT molecular complexity index is 712. The Labute approximate surface area is 258 Å². The summed E-state index contributed by atoms with van der Waals surface area (Å²) in [6, 6.07) is 0. The molecule has 0 aliphatic rings. The van der Waals surface area contributed by atoms with Gasteiger partial charge in [-0.15, -0.1) is 0 Å². The van der Waals surface area contributed by atoms with E-state index in [2.05, 4.69) is 26.8 Å². The molecule has 0 spiro atoms. The number of carbonyl (C=O) groups excluding carboxylic acids is 3. The Hall–Kier alpha value is -1.95. The summed E-state index contributed by atoms with van der Waals surface area (Å²) in [5, 5.41) is 9.95. The Kier molecular flexibility index (Phi) is 29.1. The number of esters is 2. The van der Waals surface area contributed by atoms with E-state index >= 15 is 0 Å². The van der Waals surface area contributed by atoms with Gasteiger partial charge in [0.15, 0.2) is 5.78 Å². The first kappa shape index (κ1) is 40.1. The lowest BCUT2D eigenvalue weighted by Crippen LogP contribution is -2.25. The number of allylic oxidation sites excluding steroid dienone is 4. The van der Waals surface area contributed by atoms with E-state index in [1.54, 1.807) is 6.08 Å². The lowest BCUT2D eigenvalue weighted by molar-refractivity contribution is -0.152. The van der Waals surface area contributed by atoms with Gasteiger partial charge in [0.25, 0.3) is 0 Å². The second-order valence-electron chi connectivity index (χ2n) is 12.2. The number of ketones is 1. The molecule has 0 saturated heterocycles. The molecule has 0 radical (unpaired) electrons. The van der Waals surface area contributed by atoms with Crippen LogP contribution in [0.2, 0.25) is 0 Å². The molecular weight excluding hydrogens is 528 g/mol. The highest BCUT2D eigenvalue weighted by Crippen LogP contribution is 2.14. The van der Waals surface area contributed by atoms with Crippen LogP contribution in [-0.4, -0.2) is 42.1 Å². The number of ether oxygens (including phenoxy) is 2. The van der Waals surface area contributed by atoms with Crippen molar-refractivity contribution in [3.05, 3.63) is 24.3 Å². The summed E-state index contributed by atoms with van der Waals surface area (Å²) >= 11 is 0. The van der Waals surface area contributed by atoms with Crippen LogP contribution in [0.25, 0.3) is 0 Å². The minimum Gasteiger partial charge on any atom is -0.463 e. The lowest BCUT2D eigenvalue weighted by atomic mass is 10.0. The van der Waals surface area contributed by atoms with E-state index in [1.165, 1.54) is 64.2 Å². The van der Waals surface area contributed by atoms with Gasteiger partial charge in [-0.1, -0.05) is 129 Å². The average molecular weight is 593 g/mol. The largest absolute Gasteiger partial charge is 0.463 e. The summed E-state index contributed by atoms with van der Waals surface area (Å²) in [4.78, 5) is 35.7. The first-order valence-electron chi connectivity index (χ1n) is 17.2. The quantitative estimate of drug-likeness (QED) is 0.0387. The third-order valence-electron chi connectivity index (χ3n) is 7.34. The fraction of sp³-hybridized carbons (Fsp3) is 0.806. The van der Waals surface area contributed by atoms with Crippen LogP contribution >= 0.6 is 0 Å². The third kappa shape index (κ3) is 31.0. The molecule has 0 aromatic carbocycles. The Morgan fingerprint density at radius 1 is 0.619 bits per heavy atom. The van der Waals surface area contributed by atoms with E-state index in [0.717, 1.165) is 63.7 Å². The summed E-state index contributed by atoms with van der Waals surface area (Å²) in [7, 11) is 0. The van der Waals surface area contributed by atoms with Crippen molar-refractivity contribution in [2.24, 2.45) is 5.92 Å². The highest BCUT2D eigenvalue weighted by molar-refractivity contribution is 5.89. The van der Waals surface area contributed by atoms with Gasteiger partial charge in [-0.2, -0.15) is 0 Å². The van der Waals surface area contributed by atoms with Crippen LogP contribution in [0.15, 0.2) is 24.3 Å². The predicted octanol–water partition coefficient (Wildman–Crippen LogP) is 9.37. The second-order valence-corrected chi connectivity index (χ2v) is 12.2. The Balaban J connectivity index is 3.55. The van der Waals surface area contributed by atoms with Crippen LogP contribution in [0.3, 0.4) is 0 Å². The van der Waals surface area contributed by atoms with Crippen LogP contribution in [0, 0.1) is 5.92 Å². The van der Waals surface area contributed by atoms with E-state index in [1.807, 2.05) is 12.2 Å². The number of aliphatic hydroxyl groups is 1. The fourth-order valence-electron chi connectivity index (χ4n) is 4.66. The van der Waals surface area contributed by atoms with Gasteiger partial charge in [0.2, 0.25) is 0 Å². The van der Waals surface area contributed by atoms with Crippen LogP contribution in [0.4, 0.5) is 0 Å². The maximum Gasteiger partial charge on any atom is 0.305 e. The molecule has 0 unspecified atom stereocenters. The summed E-state index contributed by atoms with van der Waals surface area (Å²) in [6.07, 6.45) is 29.1. The van der Waals surface area contributed by atoms with E-state index in [0.29, 0.717) is 19.3 Å². The lowest BCUT2D eigenvalue weighted by Gasteiger charge is -2.12. The first-order valence-corrected chi connectivity index (χ1v) is 17.2. The number of carbonyl (C=O) groups is 3. The molecule has 6 nitrogen and oxygen atoms in total. The minimum absolute atomic E-state index is 0.147. The molecule has 0 heterocycles. The predicted molar refractivity (Wildman–Crippen MR) is 173 cm³/mol. The maximum absolute atomic E-state index is 11.9. The minimum atomic E-state index is -0.999. The smallest absolute Gasteiger partial charge is 0.305 e. The van der Waals surface area contributed by atoms with E-state index < -0.39 is 6.10 Å². The van der Waals surface area contributed by atoms with Gasteiger partial charge >= 0.3 is 11.9 Å². The number of rotatable bonds is 30. The van der Waals surface area contributed by atoms with Crippen LogP contribution in [-0.2, 0) is 23.9 Å². The first-order chi connectivity index (χ1) is 20.3. The van der Waals surface area contributed by atoms with Crippen molar-refractivity contribution in [1.29, 1.82) is 0 Å². The second kappa shape index (κ2) is 30.5. The molecule has 0 saturated carbocycles. The number of aliphatic hydroxyl groups excluding tert-OH is 1. The zero-order chi connectivity index (χ0) is 31.1. The summed E-state index contributed by atoms with van der Waals surface area (Å²) in [5.74, 6) is 0.312. The van der Waals surface area contributed by atoms with Crippen LogP contribution < -0.4 is 0 Å². The van der Waals surface area contributed by atoms with Crippen LogP contribution in [0.5, 0.6) is 0 Å². The molecule has 0 aliphatic carbocycles. The fourth-order valence-corrected chi connectivity index (χ4v) is 4.66. The van der Waals surface area contributed by atoms with Gasteiger partial charge in [0.05, 0.1) is 0 Å². The van der Waals surface area contributed by atoms with Crippen molar-refractivity contribution >= 4 is 17.7 Å². The van der Waals surface area contributed by atoms with Gasteiger partial charge in [-0.25, -0.2) is 0 Å². The third-order valence-corrected chi connectivity index (χ3v) is 7.34. The van der Waals surface area contributed by atoms with Crippen molar-refractivity contribution in [2.45, 2.75) is 168 Å². The van der Waals surface area contributed by atoms with Crippen molar-refractivity contribution in [2.75, 3.05) is 13.2 Å². The summed E-state index contributed by atoms with van der Waals surface area (Å²) in [6.45, 7) is 6.44. The Morgan fingerprint density at radius 3 is 1.60 bits per heavy atom. The molecular formula is C36H64O6. The number of hydrogen-bond acceptors (Lipinski definition) is 6. The molecule has 0 rings (SSSR count). The van der Waals surface area contributed by atoms with Crippen molar-refractivity contribution < 1.29 is 29.0 Å². The van der Waals surface area contributed by atoms with Crippen molar-refractivity contribution in [1.82, 2.24) is 0 Å². The zero-order valence-corrected chi connectivity index (χ0v) is 27.4. The van der Waals surface area contributed by atoms with Crippen molar-refractivity contribution in [3.8, 4) is 0 Å². The van der Waals surface area contributed by atoms with Gasteiger partial charge in [0, 0.05) is 19.3 Å². The van der Waals surface area contributed by atoms with Gasteiger partial charge in [-0.05, 0) is 44.1 Å². The highest BCUT2D eigenvalue weighted by Gasteiger charge is 2.12. The molecule has 244 valence electrons. The SMILES string of the molecule is CCCCC/C=C\C=C\C(=O)CCCCCCCC(=O)OC[C@H](O)COC(=O)CCCCCCCCCCCC(C)C. The normalized spacial score (nSPS) is 12.4. The average Bonchev–Trinajstić information content (AvgIpc) is 2.96. The molecule has 0 aromatic rings. The van der Waals surface area contributed by atoms with E-state index in [9.17, 15) is 19.5 Å². The molecule has 0 bridgehead atoms. The monoisotopic (exact) mass is 592 g/mol. The van der Waals surface area contributed by atoms with E-state index in [4.69, 9.17) is 9.47 Å². The van der Waals surface area contributed by atoms with E-state index in [-0.39, 0.29) is 30.9 Å². The van der Waals surface area contributed by atoms with Crippen LogP contribution in [0.1, 0.15) is 162 Å². The topological polar surface area (TPSA) is 89.9 Å². The summed E-state index contributed by atoms with van der Waals surface area (Å²) in [5.41, 5.74) is 0. The molecule has 1 atom stereocenters. The zero-order valence-electron chi connectivity index (χ0n) is 27.4. The van der Waals surface area contributed by atoms with Gasteiger partial charge in [0.1, 0.15) is 19.3 Å².